The summed E-state index contributed by atoms with van der Waals surface area (Å²) in [4.78, 5) is 13.2. The van der Waals surface area contributed by atoms with Crippen molar-refractivity contribution in [3.63, 3.8) is 0 Å². The molecule has 0 aliphatic rings. The van der Waals surface area contributed by atoms with Crippen LogP contribution < -0.4 is 0 Å². The van der Waals surface area contributed by atoms with Crippen molar-refractivity contribution in [2.45, 2.75) is 138 Å². The van der Waals surface area contributed by atoms with E-state index in [9.17, 15) is 4.79 Å². The SMILES string of the molecule is CCC[CH2][Sn]([CH2]CCC)([CH2]CCC)/[C](=C/CCCCO[Si](C)(C)C(C)(C)C)C(=O)OCC. The van der Waals surface area contributed by atoms with Gasteiger partial charge in [-0.05, 0) is 0 Å². The predicted molar refractivity (Wildman–Crippen MR) is 147 cm³/mol. The summed E-state index contributed by atoms with van der Waals surface area (Å²) in [5.74, 6) is 0.0177. The second kappa shape index (κ2) is 16.8. The summed E-state index contributed by atoms with van der Waals surface area (Å²) in [6.45, 7) is 21.6. The number of carbonyl (C=O) groups is 1. The molecule has 5 heteroatoms. The molecule has 0 aromatic heterocycles. The maximum absolute atomic E-state index is 13.2. The second-order valence-electron chi connectivity index (χ2n) is 11.0. The standard InChI is InChI=1S/C15H29O3Si.3C4H9.Sn/c1-7-17-14(16)12-10-8-9-11-13-18-19(5,6)15(2,3)4;3*1-3-4-2;/h10H,7-9,11,13H2,1-6H3;3*1,3-4H2,2H3;. The Morgan fingerprint density at radius 2 is 1.34 bits per heavy atom. The molecule has 3 nitrogen and oxygen atoms in total. The molecular weight excluding hydrogens is 519 g/mol. The first kappa shape index (κ1) is 32.2. The van der Waals surface area contributed by atoms with Crippen LogP contribution in [0.1, 0.15) is 106 Å². The van der Waals surface area contributed by atoms with Crippen LogP contribution in [0.3, 0.4) is 0 Å². The fourth-order valence-electron chi connectivity index (χ4n) is 4.09. The maximum atomic E-state index is 13.2. The first-order valence-corrected chi connectivity index (χ1v) is 23.9. The van der Waals surface area contributed by atoms with Gasteiger partial charge in [-0.25, -0.2) is 0 Å². The Balaban J connectivity index is 5.44. The van der Waals surface area contributed by atoms with Gasteiger partial charge in [0.15, 0.2) is 0 Å². The first-order valence-electron chi connectivity index (χ1n) is 13.5. The molecule has 0 aliphatic heterocycles. The average Bonchev–Trinajstić information content (AvgIpc) is 2.72. The van der Waals surface area contributed by atoms with Gasteiger partial charge in [-0.2, -0.15) is 0 Å². The molecule has 0 spiro atoms. The van der Waals surface area contributed by atoms with Gasteiger partial charge in [-0.1, -0.05) is 0 Å². The van der Waals surface area contributed by atoms with E-state index in [2.05, 4.69) is 60.7 Å². The van der Waals surface area contributed by atoms with Gasteiger partial charge in [0.2, 0.25) is 0 Å². The van der Waals surface area contributed by atoms with E-state index in [0.717, 1.165) is 25.9 Å². The van der Waals surface area contributed by atoms with Gasteiger partial charge in [-0.3, -0.25) is 0 Å². The third-order valence-corrected chi connectivity index (χ3v) is 27.5. The van der Waals surface area contributed by atoms with Crippen LogP contribution in [0.25, 0.3) is 0 Å². The molecule has 0 bridgehead atoms. The van der Waals surface area contributed by atoms with Crippen LogP contribution in [0.2, 0.25) is 31.4 Å². The minimum atomic E-state index is -2.78. The van der Waals surface area contributed by atoms with Crippen molar-refractivity contribution in [1.29, 1.82) is 0 Å². The van der Waals surface area contributed by atoms with Gasteiger partial charge in [0, 0.05) is 0 Å². The fraction of sp³-hybridized carbons (Fsp3) is 0.889. The summed E-state index contributed by atoms with van der Waals surface area (Å²) >= 11 is -2.78. The molecule has 0 saturated heterocycles. The predicted octanol–water partition coefficient (Wildman–Crippen LogP) is 9.06. The normalized spacial score (nSPS) is 13.5. The summed E-state index contributed by atoms with van der Waals surface area (Å²) < 4.78 is 17.1. The summed E-state index contributed by atoms with van der Waals surface area (Å²) in [5, 5.41) is 0.260. The number of unbranched alkanes of at least 4 members (excludes halogenated alkanes) is 5. The van der Waals surface area contributed by atoms with E-state index in [1.165, 1.54) is 55.4 Å². The second-order valence-corrected chi connectivity index (χ2v) is 29.0. The Kier molecular flexibility index (Phi) is 16.8. The van der Waals surface area contributed by atoms with E-state index in [0.29, 0.717) is 6.61 Å². The number of hydrogen-bond donors (Lipinski definition) is 0. The van der Waals surface area contributed by atoms with Gasteiger partial charge in [0.25, 0.3) is 0 Å². The quantitative estimate of drug-likeness (QED) is 0.0708. The van der Waals surface area contributed by atoms with E-state index in [-0.39, 0.29) is 11.0 Å². The minimum absolute atomic E-state index is 0.0177. The van der Waals surface area contributed by atoms with Crippen LogP contribution in [0.15, 0.2) is 9.67 Å². The van der Waals surface area contributed by atoms with Crippen LogP contribution in [-0.2, 0) is 14.0 Å². The van der Waals surface area contributed by atoms with Crippen molar-refractivity contribution in [2.24, 2.45) is 0 Å². The third-order valence-electron chi connectivity index (χ3n) is 7.31. The Labute approximate surface area is 206 Å². The van der Waals surface area contributed by atoms with Crippen molar-refractivity contribution >= 4 is 32.7 Å². The topological polar surface area (TPSA) is 35.5 Å². The van der Waals surface area contributed by atoms with Crippen molar-refractivity contribution in [3.05, 3.63) is 9.67 Å². The Hall–Kier alpha value is 0.186. The molecule has 190 valence electrons. The van der Waals surface area contributed by atoms with Crippen LogP contribution in [0.4, 0.5) is 0 Å². The molecule has 0 aromatic rings. The molecule has 0 unspecified atom stereocenters. The van der Waals surface area contributed by atoms with Crippen LogP contribution in [-0.4, -0.2) is 45.9 Å². The zero-order chi connectivity index (χ0) is 24.7. The van der Waals surface area contributed by atoms with Crippen LogP contribution in [0, 0.1) is 0 Å². The molecule has 0 fully saturated rings. The fourth-order valence-corrected chi connectivity index (χ4v) is 21.5. The van der Waals surface area contributed by atoms with E-state index in [4.69, 9.17) is 9.16 Å². The summed E-state index contributed by atoms with van der Waals surface area (Å²) in [6.07, 6.45) is 12.9. The molecule has 0 rings (SSSR count). The number of hydrogen-bond acceptors (Lipinski definition) is 3. The van der Waals surface area contributed by atoms with Gasteiger partial charge in [-0.15, -0.1) is 0 Å². The Morgan fingerprint density at radius 1 is 0.844 bits per heavy atom. The van der Waals surface area contributed by atoms with Crippen molar-refractivity contribution in [2.75, 3.05) is 13.2 Å². The van der Waals surface area contributed by atoms with E-state index in [1.54, 1.807) is 0 Å². The summed E-state index contributed by atoms with van der Waals surface area (Å²) in [6, 6.07) is 0. The zero-order valence-electron chi connectivity index (χ0n) is 23.2. The number of allylic oxidation sites excluding steroid dienone is 1. The molecule has 0 aliphatic carbocycles. The molecule has 0 saturated carbocycles. The molecule has 0 amide bonds. The van der Waals surface area contributed by atoms with E-state index in [1.807, 2.05) is 6.92 Å². The molecule has 0 radical (unpaired) electrons. The van der Waals surface area contributed by atoms with Crippen LogP contribution >= 0.6 is 0 Å². The van der Waals surface area contributed by atoms with Crippen LogP contribution in [0.5, 0.6) is 0 Å². The molecule has 32 heavy (non-hydrogen) atoms. The molecule has 0 atom stereocenters. The molecule has 0 heterocycles. The zero-order valence-corrected chi connectivity index (χ0v) is 27.1. The Morgan fingerprint density at radius 3 is 1.75 bits per heavy atom. The van der Waals surface area contributed by atoms with E-state index < -0.39 is 26.7 Å². The molecular formula is C27H56O3SiSn. The number of carbonyl (C=O) groups excluding carboxylic acids is 1. The van der Waals surface area contributed by atoms with Gasteiger partial charge in [0.05, 0.1) is 0 Å². The van der Waals surface area contributed by atoms with Crippen molar-refractivity contribution in [1.82, 2.24) is 0 Å². The average molecular weight is 576 g/mol. The monoisotopic (exact) mass is 576 g/mol. The molecule has 0 N–H and O–H groups in total. The summed E-state index contributed by atoms with van der Waals surface area (Å²) in [7, 11) is -1.67. The van der Waals surface area contributed by atoms with Crippen molar-refractivity contribution in [3.8, 4) is 0 Å². The third kappa shape index (κ3) is 11.5. The Bertz CT molecular complexity index is 516. The van der Waals surface area contributed by atoms with Gasteiger partial charge >= 0.3 is 207 Å². The van der Waals surface area contributed by atoms with Crippen molar-refractivity contribution < 1.29 is 14.0 Å². The van der Waals surface area contributed by atoms with E-state index >= 15 is 0 Å². The summed E-state index contributed by atoms with van der Waals surface area (Å²) in [5.41, 5.74) is 0. The number of ether oxygens (including phenoxy) is 1. The van der Waals surface area contributed by atoms with Gasteiger partial charge in [0.1, 0.15) is 0 Å². The van der Waals surface area contributed by atoms with Gasteiger partial charge < -0.3 is 0 Å². The molecule has 0 aromatic carbocycles. The number of esters is 1. The first-order chi connectivity index (χ1) is 15.0. The number of rotatable bonds is 18.